The Morgan fingerprint density at radius 3 is 2.00 bits per heavy atom. The summed E-state index contributed by atoms with van der Waals surface area (Å²) < 4.78 is 78.2. The van der Waals surface area contributed by atoms with E-state index < -0.39 is 46.6 Å². The quantitative estimate of drug-likeness (QED) is 0.654. The molecule has 2 aromatic carbocycles. The molecule has 0 aromatic heterocycles. The predicted molar refractivity (Wildman–Crippen MR) is 97.2 cm³/mol. The van der Waals surface area contributed by atoms with E-state index in [-0.39, 0.29) is 6.07 Å². The number of allylic oxidation sites excluding steroid dienone is 2. The van der Waals surface area contributed by atoms with Crippen LogP contribution >= 0.6 is 0 Å². The molecule has 0 spiro atoms. The minimum absolute atomic E-state index is 0.0286. The lowest BCUT2D eigenvalue weighted by atomic mass is 9.78. The fraction of sp³-hybridized carbons (Fsp3) is 0.190. The fourth-order valence-corrected chi connectivity index (χ4v) is 3.14. The zero-order valence-electron chi connectivity index (χ0n) is 15.1. The predicted octanol–water partition coefficient (Wildman–Crippen LogP) is 5.29. The van der Waals surface area contributed by atoms with Gasteiger partial charge in [-0.1, -0.05) is 48.6 Å². The number of carbonyl (C=O) groups is 1. The third-order valence-corrected chi connectivity index (χ3v) is 4.61. The van der Waals surface area contributed by atoms with E-state index >= 15 is 0 Å². The number of hydrogen-bond acceptors (Lipinski definition) is 2. The van der Waals surface area contributed by atoms with Crippen LogP contribution in [0.4, 0.5) is 32.0 Å². The van der Waals surface area contributed by atoms with Gasteiger partial charge in [0.25, 0.3) is 0 Å². The van der Waals surface area contributed by atoms with Crippen LogP contribution in [0.25, 0.3) is 0 Å². The van der Waals surface area contributed by atoms with E-state index in [9.17, 15) is 36.2 Å². The van der Waals surface area contributed by atoms with Crippen LogP contribution in [-0.2, 0) is 22.7 Å². The Hall–Kier alpha value is -3.07. The molecule has 2 atom stereocenters. The van der Waals surface area contributed by atoms with Crippen LogP contribution in [0.3, 0.4) is 0 Å². The van der Waals surface area contributed by atoms with Gasteiger partial charge in [-0.15, -0.1) is 0 Å². The van der Waals surface area contributed by atoms with E-state index in [0.717, 1.165) is 0 Å². The zero-order valence-corrected chi connectivity index (χ0v) is 15.1. The third-order valence-electron chi connectivity index (χ3n) is 4.61. The minimum atomic E-state index is -5.04. The molecule has 0 radical (unpaired) electrons. The molecular formula is C21H15F6NO2. The van der Waals surface area contributed by atoms with E-state index in [1.165, 1.54) is 24.3 Å². The molecule has 158 valence electrons. The van der Waals surface area contributed by atoms with E-state index in [4.69, 9.17) is 0 Å². The molecule has 30 heavy (non-hydrogen) atoms. The van der Waals surface area contributed by atoms with Crippen LogP contribution in [0.5, 0.6) is 0 Å². The van der Waals surface area contributed by atoms with E-state index in [1.807, 2.05) is 0 Å². The summed E-state index contributed by atoms with van der Waals surface area (Å²) >= 11 is 0. The summed E-state index contributed by atoms with van der Waals surface area (Å²) in [5.74, 6) is -2.25. The highest BCUT2D eigenvalue weighted by molar-refractivity contribution is 5.95. The van der Waals surface area contributed by atoms with Crippen molar-refractivity contribution in [3.05, 3.63) is 89.5 Å². The first-order valence-electron chi connectivity index (χ1n) is 8.65. The molecule has 0 heterocycles. The highest BCUT2D eigenvalue weighted by Crippen LogP contribution is 2.39. The molecule has 2 aromatic rings. The second-order valence-electron chi connectivity index (χ2n) is 6.70. The average Bonchev–Trinajstić information content (AvgIpc) is 2.67. The number of anilines is 1. The maximum Gasteiger partial charge on any atom is 0.416 e. The number of amides is 1. The van der Waals surface area contributed by atoms with Gasteiger partial charge in [0.1, 0.15) is 5.60 Å². The van der Waals surface area contributed by atoms with Crippen LogP contribution < -0.4 is 5.32 Å². The molecule has 0 saturated carbocycles. The molecule has 3 nitrogen and oxygen atoms in total. The Bertz CT molecular complexity index is 963. The number of hydrogen-bond donors (Lipinski definition) is 2. The van der Waals surface area contributed by atoms with Crippen LogP contribution in [-0.4, -0.2) is 11.0 Å². The number of alkyl halides is 6. The Kier molecular flexibility index (Phi) is 5.51. The summed E-state index contributed by atoms with van der Waals surface area (Å²) in [5, 5.41) is 13.1. The SMILES string of the molecule is O=C(Nc1cc(C(F)(F)F)cc(C(F)(F)F)c1)C1C=CC=CC1(O)c1ccccc1. The van der Waals surface area contributed by atoms with Gasteiger partial charge in [-0.2, -0.15) is 26.3 Å². The molecule has 1 aliphatic rings. The van der Waals surface area contributed by atoms with Gasteiger partial charge < -0.3 is 10.4 Å². The average molecular weight is 427 g/mol. The summed E-state index contributed by atoms with van der Waals surface area (Å²) in [5.41, 5.74) is -5.27. The molecule has 0 fully saturated rings. The highest BCUT2D eigenvalue weighted by Gasteiger charge is 2.41. The van der Waals surface area contributed by atoms with E-state index in [2.05, 4.69) is 5.32 Å². The van der Waals surface area contributed by atoms with Gasteiger partial charge in [-0.25, -0.2) is 0 Å². The van der Waals surface area contributed by atoms with Crippen molar-refractivity contribution >= 4 is 11.6 Å². The van der Waals surface area contributed by atoms with Crippen LogP contribution in [0.15, 0.2) is 72.8 Å². The number of benzene rings is 2. The molecule has 0 bridgehead atoms. The largest absolute Gasteiger partial charge is 0.416 e. The Labute approximate surface area is 167 Å². The normalized spacial score (nSPS) is 21.5. The van der Waals surface area contributed by atoms with Gasteiger partial charge in [0.15, 0.2) is 0 Å². The first-order chi connectivity index (χ1) is 13.9. The first-order valence-corrected chi connectivity index (χ1v) is 8.65. The number of nitrogens with one attached hydrogen (secondary N) is 1. The summed E-state index contributed by atoms with van der Waals surface area (Å²) in [6, 6.07) is 8.83. The van der Waals surface area contributed by atoms with Gasteiger partial charge in [-0.05, 0) is 29.8 Å². The van der Waals surface area contributed by atoms with E-state index in [0.29, 0.717) is 17.7 Å². The monoisotopic (exact) mass is 427 g/mol. The van der Waals surface area contributed by atoms with Crippen LogP contribution in [0.2, 0.25) is 0 Å². The second-order valence-corrected chi connectivity index (χ2v) is 6.70. The summed E-state index contributed by atoms with van der Waals surface area (Å²) in [4.78, 5) is 12.8. The van der Waals surface area contributed by atoms with Crippen molar-refractivity contribution < 1.29 is 36.2 Å². The molecule has 2 N–H and O–H groups in total. The Morgan fingerprint density at radius 2 is 1.47 bits per heavy atom. The van der Waals surface area contributed by atoms with Crippen molar-refractivity contribution in [2.45, 2.75) is 18.0 Å². The molecule has 9 heteroatoms. The number of carbonyl (C=O) groups excluding carboxylic acids is 1. The van der Waals surface area contributed by atoms with Crippen LogP contribution in [0, 0.1) is 5.92 Å². The minimum Gasteiger partial charge on any atom is -0.380 e. The van der Waals surface area contributed by atoms with Gasteiger partial charge in [0.2, 0.25) is 5.91 Å². The Morgan fingerprint density at radius 1 is 0.900 bits per heavy atom. The standard InChI is InChI=1S/C21H15F6NO2/c22-20(23,24)14-10-15(21(25,26)27)12-16(11-14)28-18(29)17-8-4-5-9-19(17,30)13-6-2-1-3-7-13/h1-12,17,30H,(H,28,29). The number of aliphatic hydroxyl groups is 1. The topological polar surface area (TPSA) is 49.3 Å². The lowest BCUT2D eigenvalue weighted by molar-refractivity contribution is -0.143. The smallest absolute Gasteiger partial charge is 0.380 e. The van der Waals surface area contributed by atoms with Crippen molar-refractivity contribution in [1.29, 1.82) is 0 Å². The van der Waals surface area contributed by atoms with Gasteiger partial charge in [-0.3, -0.25) is 4.79 Å². The fourth-order valence-electron chi connectivity index (χ4n) is 3.14. The maximum atomic E-state index is 13.0. The van der Waals surface area contributed by atoms with Crippen molar-refractivity contribution in [2.24, 2.45) is 5.92 Å². The second kappa shape index (κ2) is 7.64. The third kappa shape index (κ3) is 4.40. The zero-order chi connectivity index (χ0) is 22.2. The molecular weight excluding hydrogens is 412 g/mol. The van der Waals surface area contributed by atoms with Gasteiger partial charge in [0, 0.05) is 5.69 Å². The Balaban J connectivity index is 1.97. The molecule has 2 unspecified atom stereocenters. The summed E-state index contributed by atoms with van der Waals surface area (Å²) in [6.07, 6.45) is -4.49. The number of rotatable bonds is 3. The number of halogens is 6. The molecule has 1 amide bonds. The first kappa shape index (κ1) is 21.6. The molecule has 0 saturated heterocycles. The summed E-state index contributed by atoms with van der Waals surface area (Å²) in [7, 11) is 0. The maximum absolute atomic E-state index is 13.0. The lowest BCUT2D eigenvalue weighted by Gasteiger charge is -2.33. The van der Waals surface area contributed by atoms with Crippen molar-refractivity contribution in [3.8, 4) is 0 Å². The highest BCUT2D eigenvalue weighted by atomic mass is 19.4. The lowest BCUT2D eigenvalue weighted by Crippen LogP contribution is -2.41. The molecule has 0 aliphatic heterocycles. The molecule has 1 aliphatic carbocycles. The van der Waals surface area contributed by atoms with E-state index in [1.54, 1.807) is 30.3 Å². The van der Waals surface area contributed by atoms with Crippen molar-refractivity contribution in [1.82, 2.24) is 0 Å². The van der Waals surface area contributed by atoms with Gasteiger partial charge >= 0.3 is 12.4 Å². The molecule has 3 rings (SSSR count). The van der Waals surface area contributed by atoms with Crippen LogP contribution in [0.1, 0.15) is 16.7 Å². The van der Waals surface area contributed by atoms with Crippen molar-refractivity contribution in [3.63, 3.8) is 0 Å². The van der Waals surface area contributed by atoms with Crippen molar-refractivity contribution in [2.75, 3.05) is 5.32 Å². The van der Waals surface area contributed by atoms with Gasteiger partial charge in [0.05, 0.1) is 17.0 Å². The summed E-state index contributed by atoms with van der Waals surface area (Å²) in [6.45, 7) is 0.